The number of esters is 1. The van der Waals surface area contributed by atoms with Gasteiger partial charge in [0.2, 0.25) is 0 Å². The molecule has 0 aliphatic heterocycles. The van der Waals surface area contributed by atoms with E-state index >= 15 is 0 Å². The molecule has 3 aromatic rings. The number of carbonyl (C=O) groups is 1. The average molecular weight is 431 g/mol. The van der Waals surface area contributed by atoms with Crippen molar-refractivity contribution < 1.29 is 9.53 Å². The summed E-state index contributed by atoms with van der Waals surface area (Å²) in [4.78, 5) is 12.9. The Morgan fingerprint density at radius 3 is 2.23 bits per heavy atom. The first-order chi connectivity index (χ1) is 15.2. The number of ether oxygens (including phenoxy) is 1. The van der Waals surface area contributed by atoms with Crippen molar-refractivity contribution in [3.05, 3.63) is 107 Å². The number of nitrogens with one attached hydrogen (secondary N) is 2. The number of thiocarbonyl (C=S) groups is 1. The first-order valence-electron chi connectivity index (χ1n) is 10.6. The minimum absolute atomic E-state index is 0.235. The van der Waals surface area contributed by atoms with Gasteiger partial charge >= 0.3 is 5.97 Å². The molecule has 5 heteroatoms. The fourth-order valence-electron chi connectivity index (χ4n) is 4.07. The van der Waals surface area contributed by atoms with Crippen LogP contribution in [0.25, 0.3) is 0 Å². The van der Waals surface area contributed by atoms with Crippen molar-refractivity contribution in [2.24, 2.45) is 0 Å². The summed E-state index contributed by atoms with van der Waals surface area (Å²) in [7, 11) is 0. The average Bonchev–Trinajstić information content (AvgIpc) is 3.21. The SMILES string of the molecule is O=C(OCCNC(=S)NC1CCc2ccccc21)C(c1ccccc1)c1ccccc1. The Balaban J connectivity index is 1.28. The van der Waals surface area contributed by atoms with E-state index in [1.807, 2.05) is 60.7 Å². The summed E-state index contributed by atoms with van der Waals surface area (Å²) >= 11 is 5.44. The van der Waals surface area contributed by atoms with Crippen LogP contribution >= 0.6 is 12.2 Å². The molecule has 31 heavy (non-hydrogen) atoms. The molecule has 2 N–H and O–H groups in total. The lowest BCUT2D eigenvalue weighted by molar-refractivity contribution is -0.144. The van der Waals surface area contributed by atoms with Gasteiger partial charge in [-0.25, -0.2) is 0 Å². The third-order valence-corrected chi connectivity index (χ3v) is 5.83. The highest BCUT2D eigenvalue weighted by Crippen LogP contribution is 2.30. The second kappa shape index (κ2) is 10.2. The van der Waals surface area contributed by atoms with Gasteiger partial charge in [-0.15, -0.1) is 0 Å². The van der Waals surface area contributed by atoms with Crippen LogP contribution in [-0.4, -0.2) is 24.2 Å². The molecule has 0 fully saturated rings. The second-order valence-electron chi connectivity index (χ2n) is 7.61. The van der Waals surface area contributed by atoms with E-state index in [1.54, 1.807) is 0 Å². The number of benzene rings is 3. The molecule has 0 saturated heterocycles. The van der Waals surface area contributed by atoms with Crippen LogP contribution in [0.4, 0.5) is 0 Å². The van der Waals surface area contributed by atoms with E-state index in [9.17, 15) is 4.79 Å². The number of hydrogen-bond donors (Lipinski definition) is 2. The minimum atomic E-state index is -0.442. The number of aryl methyl sites for hydroxylation is 1. The zero-order chi connectivity index (χ0) is 21.5. The number of fused-ring (bicyclic) bond motifs is 1. The van der Waals surface area contributed by atoms with Gasteiger partial charge in [0.05, 0.1) is 12.6 Å². The van der Waals surface area contributed by atoms with E-state index in [0.29, 0.717) is 11.7 Å². The highest BCUT2D eigenvalue weighted by molar-refractivity contribution is 7.80. The molecule has 0 amide bonds. The summed E-state index contributed by atoms with van der Waals surface area (Å²) in [5.41, 5.74) is 4.53. The van der Waals surface area contributed by atoms with Gasteiger partial charge < -0.3 is 15.4 Å². The van der Waals surface area contributed by atoms with Gasteiger partial charge in [0.15, 0.2) is 5.11 Å². The van der Waals surface area contributed by atoms with Crippen LogP contribution in [0.5, 0.6) is 0 Å². The molecule has 0 spiro atoms. The Bertz CT molecular complexity index is 984. The number of hydrogen-bond acceptors (Lipinski definition) is 3. The topological polar surface area (TPSA) is 50.4 Å². The van der Waals surface area contributed by atoms with Gasteiger partial charge in [0.25, 0.3) is 0 Å². The quantitative estimate of drug-likeness (QED) is 0.328. The second-order valence-corrected chi connectivity index (χ2v) is 8.02. The fourth-order valence-corrected chi connectivity index (χ4v) is 4.32. The molecule has 0 aromatic heterocycles. The van der Waals surface area contributed by atoms with Crippen LogP contribution in [0, 0.1) is 0 Å². The van der Waals surface area contributed by atoms with E-state index in [2.05, 4.69) is 34.9 Å². The van der Waals surface area contributed by atoms with Crippen LogP contribution in [0.3, 0.4) is 0 Å². The molecule has 0 heterocycles. The number of rotatable bonds is 7. The Morgan fingerprint density at radius 1 is 0.935 bits per heavy atom. The van der Waals surface area contributed by atoms with E-state index in [0.717, 1.165) is 24.0 Å². The van der Waals surface area contributed by atoms with Gasteiger partial charge in [-0.3, -0.25) is 4.79 Å². The maximum Gasteiger partial charge on any atom is 0.317 e. The summed E-state index contributed by atoms with van der Waals surface area (Å²) in [6.07, 6.45) is 2.10. The van der Waals surface area contributed by atoms with Crippen molar-refractivity contribution in [2.45, 2.75) is 24.8 Å². The molecule has 4 nitrogen and oxygen atoms in total. The smallest absolute Gasteiger partial charge is 0.317 e. The van der Waals surface area contributed by atoms with Crippen LogP contribution < -0.4 is 10.6 Å². The maximum absolute atomic E-state index is 12.9. The summed E-state index contributed by atoms with van der Waals surface area (Å²) < 4.78 is 5.60. The fraction of sp³-hybridized carbons (Fsp3) is 0.231. The van der Waals surface area contributed by atoms with Crippen LogP contribution in [0.1, 0.15) is 40.6 Å². The Morgan fingerprint density at radius 2 is 1.55 bits per heavy atom. The minimum Gasteiger partial charge on any atom is -0.463 e. The van der Waals surface area contributed by atoms with Gasteiger partial charge in [0, 0.05) is 0 Å². The molecule has 158 valence electrons. The maximum atomic E-state index is 12.9. The molecule has 0 bridgehead atoms. The van der Waals surface area contributed by atoms with Gasteiger partial charge in [-0.2, -0.15) is 0 Å². The molecule has 0 radical (unpaired) electrons. The van der Waals surface area contributed by atoms with Gasteiger partial charge in [-0.05, 0) is 47.3 Å². The molecule has 1 aliphatic rings. The molecular formula is C26H26N2O2S. The van der Waals surface area contributed by atoms with Crippen molar-refractivity contribution in [3.8, 4) is 0 Å². The van der Waals surface area contributed by atoms with E-state index in [4.69, 9.17) is 17.0 Å². The van der Waals surface area contributed by atoms with Gasteiger partial charge in [-0.1, -0.05) is 84.9 Å². The van der Waals surface area contributed by atoms with E-state index in [1.165, 1.54) is 11.1 Å². The standard InChI is InChI=1S/C26H26N2O2S/c29-25(24(20-10-3-1-4-11-20)21-12-5-2-6-13-21)30-18-17-27-26(31)28-23-16-15-19-9-7-8-14-22(19)23/h1-14,23-24H,15-18H2,(H2,27,28,31). The molecule has 1 unspecified atom stereocenters. The van der Waals surface area contributed by atoms with Gasteiger partial charge in [0.1, 0.15) is 12.5 Å². The monoisotopic (exact) mass is 430 g/mol. The highest BCUT2D eigenvalue weighted by atomic mass is 32.1. The highest BCUT2D eigenvalue weighted by Gasteiger charge is 2.24. The summed E-state index contributed by atoms with van der Waals surface area (Å²) in [6, 6.07) is 28.1. The van der Waals surface area contributed by atoms with Crippen molar-refractivity contribution >= 4 is 23.3 Å². The van der Waals surface area contributed by atoms with Crippen molar-refractivity contribution in [1.82, 2.24) is 10.6 Å². The first-order valence-corrected chi connectivity index (χ1v) is 11.0. The lowest BCUT2D eigenvalue weighted by Crippen LogP contribution is -2.39. The summed E-state index contributed by atoms with van der Waals surface area (Å²) in [6.45, 7) is 0.709. The molecule has 0 saturated carbocycles. The predicted molar refractivity (Wildman–Crippen MR) is 127 cm³/mol. The van der Waals surface area contributed by atoms with Crippen molar-refractivity contribution in [3.63, 3.8) is 0 Å². The zero-order valence-corrected chi connectivity index (χ0v) is 18.1. The molecule has 4 rings (SSSR count). The molecular weight excluding hydrogens is 404 g/mol. The van der Waals surface area contributed by atoms with Crippen molar-refractivity contribution in [2.75, 3.05) is 13.2 Å². The molecule has 3 aromatic carbocycles. The first kappa shape index (κ1) is 21.1. The van der Waals surface area contributed by atoms with Crippen LogP contribution in [-0.2, 0) is 16.0 Å². The molecule has 1 atom stereocenters. The number of carbonyl (C=O) groups excluding carboxylic acids is 1. The lowest BCUT2D eigenvalue weighted by Gasteiger charge is -2.19. The largest absolute Gasteiger partial charge is 0.463 e. The lowest BCUT2D eigenvalue weighted by atomic mass is 9.91. The molecule has 1 aliphatic carbocycles. The van der Waals surface area contributed by atoms with E-state index < -0.39 is 5.92 Å². The summed E-state index contributed by atoms with van der Waals surface area (Å²) in [5.74, 6) is -0.703. The zero-order valence-electron chi connectivity index (χ0n) is 17.3. The Labute approximate surface area is 188 Å². The Hall–Kier alpha value is -3.18. The van der Waals surface area contributed by atoms with Crippen LogP contribution in [0.2, 0.25) is 0 Å². The van der Waals surface area contributed by atoms with Crippen LogP contribution in [0.15, 0.2) is 84.9 Å². The summed E-state index contributed by atoms with van der Waals surface area (Å²) in [5, 5.41) is 7.12. The third-order valence-electron chi connectivity index (χ3n) is 5.57. The Kier molecular flexibility index (Phi) is 6.95. The normalized spacial score (nSPS) is 14.7. The van der Waals surface area contributed by atoms with E-state index in [-0.39, 0.29) is 18.6 Å². The third kappa shape index (κ3) is 5.30. The predicted octanol–water partition coefficient (Wildman–Crippen LogP) is 4.51. The van der Waals surface area contributed by atoms with Crippen molar-refractivity contribution in [1.29, 1.82) is 0 Å².